The maximum absolute atomic E-state index is 11.4. The van der Waals surface area contributed by atoms with Crippen molar-refractivity contribution in [2.45, 2.75) is 32.4 Å². The van der Waals surface area contributed by atoms with Crippen molar-refractivity contribution in [1.82, 2.24) is 5.32 Å². The highest BCUT2D eigenvalue weighted by atomic mass is 16.4. The smallest absolute Gasteiger partial charge is 0.325 e. The van der Waals surface area contributed by atoms with Crippen molar-refractivity contribution in [1.29, 1.82) is 0 Å². The molecule has 3 nitrogen and oxygen atoms in total. The van der Waals surface area contributed by atoms with E-state index >= 15 is 0 Å². The number of rotatable bonds is 5. The van der Waals surface area contributed by atoms with Gasteiger partial charge in [-0.1, -0.05) is 43.3 Å². The Labute approximate surface area is 113 Å². The fourth-order valence-corrected chi connectivity index (χ4v) is 2.10. The van der Waals surface area contributed by atoms with Gasteiger partial charge >= 0.3 is 5.97 Å². The molecule has 0 aliphatic heterocycles. The van der Waals surface area contributed by atoms with Crippen molar-refractivity contribution in [3.05, 3.63) is 48.0 Å². The highest BCUT2D eigenvalue weighted by molar-refractivity contribution is 5.85. The van der Waals surface area contributed by atoms with Crippen LogP contribution in [0.5, 0.6) is 0 Å². The van der Waals surface area contributed by atoms with Gasteiger partial charge in [0.25, 0.3) is 0 Å². The number of carbonyl (C=O) groups is 1. The summed E-state index contributed by atoms with van der Waals surface area (Å²) in [7, 11) is 0. The molecule has 2 rings (SSSR count). The van der Waals surface area contributed by atoms with Gasteiger partial charge in [0.2, 0.25) is 0 Å². The number of benzene rings is 2. The lowest BCUT2D eigenvalue weighted by atomic mass is 10.0. The van der Waals surface area contributed by atoms with Crippen LogP contribution in [0, 0.1) is 0 Å². The van der Waals surface area contributed by atoms with E-state index in [0.717, 1.165) is 22.8 Å². The van der Waals surface area contributed by atoms with E-state index in [-0.39, 0.29) is 6.04 Å². The van der Waals surface area contributed by atoms with E-state index < -0.39 is 12.0 Å². The zero-order valence-corrected chi connectivity index (χ0v) is 11.3. The van der Waals surface area contributed by atoms with Gasteiger partial charge in [-0.15, -0.1) is 0 Å². The van der Waals surface area contributed by atoms with Gasteiger partial charge < -0.3 is 5.11 Å². The Morgan fingerprint density at radius 1 is 1.21 bits per heavy atom. The number of carboxylic acid groups (broad SMARTS) is 1. The highest BCUT2D eigenvalue weighted by Gasteiger charge is 2.21. The van der Waals surface area contributed by atoms with Gasteiger partial charge in [0, 0.05) is 6.04 Å². The van der Waals surface area contributed by atoms with E-state index in [0.29, 0.717) is 0 Å². The first-order valence-electron chi connectivity index (χ1n) is 6.59. The van der Waals surface area contributed by atoms with Crippen molar-refractivity contribution in [3.63, 3.8) is 0 Å². The molecule has 2 aromatic rings. The van der Waals surface area contributed by atoms with E-state index in [9.17, 15) is 9.90 Å². The Bertz CT molecular complexity index is 580. The number of hydrogen-bond donors (Lipinski definition) is 2. The largest absolute Gasteiger partial charge is 0.480 e. The summed E-state index contributed by atoms with van der Waals surface area (Å²) in [6.45, 7) is 4.04. The number of aliphatic carboxylic acids is 1. The molecule has 0 bridgehead atoms. The monoisotopic (exact) mass is 257 g/mol. The van der Waals surface area contributed by atoms with E-state index in [4.69, 9.17) is 0 Å². The lowest BCUT2D eigenvalue weighted by molar-refractivity contribution is -0.139. The molecule has 100 valence electrons. The molecule has 0 saturated heterocycles. The summed E-state index contributed by atoms with van der Waals surface area (Å²) in [5.74, 6) is -0.837. The Kier molecular flexibility index (Phi) is 4.17. The topological polar surface area (TPSA) is 49.3 Å². The maximum Gasteiger partial charge on any atom is 0.325 e. The number of nitrogens with one attached hydrogen (secondary N) is 1. The van der Waals surface area contributed by atoms with Crippen LogP contribution in [0.1, 0.15) is 31.9 Å². The zero-order chi connectivity index (χ0) is 13.8. The van der Waals surface area contributed by atoms with Gasteiger partial charge in [0.1, 0.15) is 6.04 Å². The third kappa shape index (κ3) is 3.12. The summed E-state index contributed by atoms with van der Waals surface area (Å²) in [5.41, 5.74) is 0.798. The van der Waals surface area contributed by atoms with E-state index in [1.807, 2.05) is 56.3 Å². The van der Waals surface area contributed by atoms with Crippen LogP contribution in [0.4, 0.5) is 0 Å². The molecule has 0 heterocycles. The molecule has 0 spiro atoms. The average molecular weight is 257 g/mol. The van der Waals surface area contributed by atoms with Crippen LogP contribution in [0.2, 0.25) is 0 Å². The molecule has 0 amide bonds. The Morgan fingerprint density at radius 3 is 2.53 bits per heavy atom. The number of carboxylic acids is 1. The first-order valence-corrected chi connectivity index (χ1v) is 6.59. The molecular formula is C16H19NO2. The summed E-state index contributed by atoms with van der Waals surface area (Å²) >= 11 is 0. The predicted octanol–water partition coefficient (Wildman–Crippen LogP) is 3.35. The molecular weight excluding hydrogens is 238 g/mol. The molecule has 0 aliphatic rings. The third-order valence-corrected chi connectivity index (χ3v) is 3.42. The molecule has 2 aromatic carbocycles. The van der Waals surface area contributed by atoms with Crippen LogP contribution < -0.4 is 5.32 Å². The Hall–Kier alpha value is -1.87. The zero-order valence-electron chi connectivity index (χ0n) is 11.3. The third-order valence-electron chi connectivity index (χ3n) is 3.42. The lowest BCUT2D eigenvalue weighted by Crippen LogP contribution is -2.34. The fraction of sp³-hybridized carbons (Fsp3) is 0.312. The molecule has 0 aliphatic carbocycles. The van der Waals surface area contributed by atoms with Crippen LogP contribution in [0.25, 0.3) is 10.8 Å². The van der Waals surface area contributed by atoms with Gasteiger partial charge in [0.15, 0.2) is 0 Å². The van der Waals surface area contributed by atoms with Gasteiger partial charge in [-0.3, -0.25) is 10.1 Å². The highest BCUT2D eigenvalue weighted by Crippen LogP contribution is 2.21. The lowest BCUT2D eigenvalue weighted by Gasteiger charge is -2.19. The molecule has 19 heavy (non-hydrogen) atoms. The van der Waals surface area contributed by atoms with Crippen LogP contribution in [0.3, 0.4) is 0 Å². The molecule has 0 fully saturated rings. The molecule has 0 aromatic heterocycles. The summed E-state index contributed by atoms with van der Waals surface area (Å²) in [4.78, 5) is 11.4. The van der Waals surface area contributed by atoms with Crippen LogP contribution in [0.15, 0.2) is 42.5 Å². The van der Waals surface area contributed by atoms with Crippen LogP contribution in [-0.4, -0.2) is 17.1 Å². The number of fused-ring (bicyclic) bond motifs is 1. The number of hydrogen-bond acceptors (Lipinski definition) is 2. The van der Waals surface area contributed by atoms with Crippen molar-refractivity contribution >= 4 is 16.7 Å². The summed E-state index contributed by atoms with van der Waals surface area (Å²) in [5, 5.41) is 14.7. The first kappa shape index (κ1) is 13.6. The molecule has 0 saturated carbocycles. The maximum atomic E-state index is 11.4. The van der Waals surface area contributed by atoms with Crippen molar-refractivity contribution < 1.29 is 9.90 Å². The standard InChI is InChI=1S/C16H19NO2/c1-3-11(2)17-15(16(18)19)14-9-8-12-6-4-5-7-13(12)10-14/h4-11,15,17H,3H2,1-2H3,(H,18,19). The second kappa shape index (κ2) is 5.85. The normalized spacial score (nSPS) is 14.2. The van der Waals surface area contributed by atoms with E-state index in [1.165, 1.54) is 0 Å². The van der Waals surface area contributed by atoms with Gasteiger partial charge in [-0.25, -0.2) is 0 Å². The SMILES string of the molecule is CCC(C)NC(C(=O)O)c1ccc2ccccc2c1. The van der Waals surface area contributed by atoms with Gasteiger partial charge in [-0.05, 0) is 35.7 Å². The molecule has 2 atom stereocenters. The van der Waals surface area contributed by atoms with Gasteiger partial charge in [0.05, 0.1) is 0 Å². The Balaban J connectivity index is 2.36. The van der Waals surface area contributed by atoms with Crippen LogP contribution in [-0.2, 0) is 4.79 Å². The Morgan fingerprint density at radius 2 is 1.89 bits per heavy atom. The fourth-order valence-electron chi connectivity index (χ4n) is 2.10. The molecule has 0 radical (unpaired) electrons. The van der Waals surface area contributed by atoms with Gasteiger partial charge in [-0.2, -0.15) is 0 Å². The minimum atomic E-state index is -0.837. The summed E-state index contributed by atoms with van der Waals surface area (Å²) < 4.78 is 0. The summed E-state index contributed by atoms with van der Waals surface area (Å²) in [6, 6.07) is 13.3. The minimum Gasteiger partial charge on any atom is -0.480 e. The van der Waals surface area contributed by atoms with Crippen molar-refractivity contribution in [3.8, 4) is 0 Å². The first-order chi connectivity index (χ1) is 9.11. The predicted molar refractivity (Wildman–Crippen MR) is 77.2 cm³/mol. The van der Waals surface area contributed by atoms with Crippen molar-refractivity contribution in [2.75, 3.05) is 0 Å². The molecule has 2 N–H and O–H groups in total. The second-order valence-corrected chi connectivity index (χ2v) is 4.85. The van der Waals surface area contributed by atoms with E-state index in [2.05, 4.69) is 5.32 Å². The minimum absolute atomic E-state index is 0.174. The van der Waals surface area contributed by atoms with Crippen LogP contribution >= 0.6 is 0 Å². The molecule has 3 heteroatoms. The second-order valence-electron chi connectivity index (χ2n) is 4.85. The molecule has 2 unspecified atom stereocenters. The van der Waals surface area contributed by atoms with E-state index in [1.54, 1.807) is 0 Å². The quantitative estimate of drug-likeness (QED) is 0.863. The summed E-state index contributed by atoms with van der Waals surface area (Å²) in [6.07, 6.45) is 0.900. The van der Waals surface area contributed by atoms with Crippen molar-refractivity contribution in [2.24, 2.45) is 0 Å². The average Bonchev–Trinajstić information content (AvgIpc) is 2.43.